The molecule has 10 heteroatoms. The van der Waals surface area contributed by atoms with E-state index in [9.17, 15) is 9.59 Å². The van der Waals surface area contributed by atoms with Crippen molar-refractivity contribution in [2.75, 3.05) is 26.4 Å². The van der Waals surface area contributed by atoms with Crippen LogP contribution in [0.25, 0.3) is 0 Å². The maximum Gasteiger partial charge on any atom is 0.253 e. The van der Waals surface area contributed by atoms with Gasteiger partial charge >= 0.3 is 0 Å². The summed E-state index contributed by atoms with van der Waals surface area (Å²) < 4.78 is 1.81. The summed E-state index contributed by atoms with van der Waals surface area (Å²) in [6.07, 6.45) is 0. The third kappa shape index (κ3) is 5.62. The van der Waals surface area contributed by atoms with E-state index in [4.69, 9.17) is 15.3 Å². The highest BCUT2D eigenvalue weighted by molar-refractivity contribution is 14.1. The molecule has 0 bridgehead atoms. The molecule has 0 aliphatic rings. The Hall–Kier alpha value is 0.230. The quantitative estimate of drug-likeness (QED) is 0.270. The molecule has 2 amide bonds. The van der Waals surface area contributed by atoms with Gasteiger partial charge in [0.05, 0.1) is 37.0 Å². The van der Waals surface area contributed by atoms with Crippen LogP contribution >= 0.6 is 67.8 Å². The van der Waals surface area contributed by atoms with Crippen LogP contribution in [0.3, 0.4) is 0 Å². The zero-order chi connectivity index (χ0) is 17.6. The number of nitrogens with one attached hydrogen (secondary N) is 2. The summed E-state index contributed by atoms with van der Waals surface area (Å²) in [6.45, 7) is -0.825. The van der Waals surface area contributed by atoms with Gasteiger partial charge in [0.25, 0.3) is 11.8 Å². The molecular formula is C13H15I3N2O5. The van der Waals surface area contributed by atoms with Gasteiger partial charge in [-0.1, -0.05) is 0 Å². The van der Waals surface area contributed by atoms with E-state index in [-0.39, 0.29) is 32.3 Å². The van der Waals surface area contributed by atoms with Crippen LogP contribution in [0.4, 0.5) is 0 Å². The SMILES string of the molecule is O=C(NCCO)c1c(I)cc(I)c(C(=O)NC(CO)CO)c1I. The lowest BCUT2D eigenvalue weighted by Gasteiger charge is -2.17. The van der Waals surface area contributed by atoms with Crippen LogP contribution in [0, 0.1) is 10.7 Å². The number of carbonyl (C=O) groups is 2. The average molecular weight is 660 g/mol. The molecule has 23 heavy (non-hydrogen) atoms. The summed E-state index contributed by atoms with van der Waals surface area (Å²) in [4.78, 5) is 24.6. The van der Waals surface area contributed by atoms with Gasteiger partial charge in [-0.2, -0.15) is 0 Å². The first kappa shape index (κ1) is 21.3. The van der Waals surface area contributed by atoms with Gasteiger partial charge in [0.15, 0.2) is 0 Å². The Balaban J connectivity index is 3.23. The first-order valence-corrected chi connectivity index (χ1v) is 9.70. The van der Waals surface area contributed by atoms with E-state index in [1.54, 1.807) is 6.07 Å². The number of hydrogen-bond acceptors (Lipinski definition) is 5. The molecule has 0 atom stereocenters. The zero-order valence-electron chi connectivity index (χ0n) is 11.8. The third-order valence-electron chi connectivity index (χ3n) is 2.80. The van der Waals surface area contributed by atoms with Crippen LogP contribution in [-0.2, 0) is 0 Å². The largest absolute Gasteiger partial charge is 0.395 e. The maximum absolute atomic E-state index is 12.4. The summed E-state index contributed by atoms with van der Waals surface area (Å²) in [6, 6.07) is 0.943. The molecule has 1 aromatic carbocycles. The third-order valence-corrected chi connectivity index (χ3v) is 5.58. The highest BCUT2D eigenvalue weighted by atomic mass is 127. The van der Waals surface area contributed by atoms with E-state index in [0.717, 1.165) is 0 Å². The lowest BCUT2D eigenvalue weighted by atomic mass is 10.1. The number of rotatable bonds is 7. The van der Waals surface area contributed by atoms with E-state index in [0.29, 0.717) is 21.8 Å². The summed E-state index contributed by atoms with van der Waals surface area (Å²) in [5.74, 6) is -0.848. The van der Waals surface area contributed by atoms with E-state index in [2.05, 4.69) is 10.6 Å². The molecule has 0 saturated carbocycles. The summed E-state index contributed by atoms with van der Waals surface area (Å²) in [5, 5.41) is 32.1. The average Bonchev–Trinajstić information content (AvgIpc) is 2.49. The molecule has 5 N–H and O–H groups in total. The molecule has 0 fully saturated rings. The zero-order valence-corrected chi connectivity index (χ0v) is 18.2. The van der Waals surface area contributed by atoms with Crippen LogP contribution in [0.2, 0.25) is 0 Å². The van der Waals surface area contributed by atoms with Gasteiger partial charge in [-0.3, -0.25) is 9.59 Å². The van der Waals surface area contributed by atoms with Crippen molar-refractivity contribution in [3.63, 3.8) is 0 Å². The van der Waals surface area contributed by atoms with Crippen LogP contribution in [0.5, 0.6) is 0 Å². The summed E-state index contributed by atoms with van der Waals surface area (Å²) >= 11 is 5.94. The molecule has 0 unspecified atom stereocenters. The molecule has 0 spiro atoms. The van der Waals surface area contributed by atoms with Crippen LogP contribution in [-0.4, -0.2) is 59.5 Å². The molecule has 1 rings (SSSR count). The maximum atomic E-state index is 12.4. The van der Waals surface area contributed by atoms with Gasteiger partial charge < -0.3 is 26.0 Å². The number of amides is 2. The van der Waals surface area contributed by atoms with Gasteiger partial charge in [-0.15, -0.1) is 0 Å². The molecule has 1 aromatic rings. The first-order chi connectivity index (χ1) is 10.9. The van der Waals surface area contributed by atoms with Crippen molar-refractivity contribution in [3.8, 4) is 0 Å². The van der Waals surface area contributed by atoms with Gasteiger partial charge in [-0.05, 0) is 73.8 Å². The normalized spacial score (nSPS) is 10.7. The molecular weight excluding hydrogens is 645 g/mol. The number of benzene rings is 1. The van der Waals surface area contributed by atoms with E-state index in [1.807, 2.05) is 67.8 Å². The van der Waals surface area contributed by atoms with Crippen LogP contribution in [0.15, 0.2) is 6.07 Å². The van der Waals surface area contributed by atoms with Gasteiger partial charge in [0.1, 0.15) is 0 Å². The summed E-state index contributed by atoms with van der Waals surface area (Å²) in [7, 11) is 0. The van der Waals surface area contributed by atoms with Crippen LogP contribution in [0.1, 0.15) is 20.7 Å². The second-order valence-electron chi connectivity index (χ2n) is 4.42. The minimum Gasteiger partial charge on any atom is -0.395 e. The topological polar surface area (TPSA) is 119 Å². The summed E-state index contributed by atoms with van der Waals surface area (Å²) in [5.41, 5.74) is 0.669. The van der Waals surface area contributed by atoms with Crippen molar-refractivity contribution < 1.29 is 24.9 Å². The standard InChI is InChI=1S/C13H15I3N2O5/c14-7-3-8(15)10(13(23)18-6(4-20)5-21)11(16)9(7)12(22)17-1-2-19/h3,6,19-21H,1-2,4-5H2,(H,17,22)(H,18,23). The molecule has 7 nitrogen and oxygen atoms in total. The molecule has 128 valence electrons. The van der Waals surface area contributed by atoms with Gasteiger partial charge in [0.2, 0.25) is 0 Å². The number of aliphatic hydroxyl groups is 3. The monoisotopic (exact) mass is 660 g/mol. The van der Waals surface area contributed by atoms with Crippen molar-refractivity contribution in [1.29, 1.82) is 0 Å². The Morgan fingerprint density at radius 2 is 1.52 bits per heavy atom. The molecule has 0 saturated heterocycles. The fourth-order valence-corrected chi connectivity index (χ4v) is 6.02. The second kappa shape index (κ2) is 10.3. The fraction of sp³-hybridized carbons (Fsp3) is 0.385. The molecule has 0 radical (unpaired) electrons. The molecule has 0 aromatic heterocycles. The fourth-order valence-electron chi connectivity index (χ4n) is 1.67. The Labute approximate surface area is 174 Å². The highest BCUT2D eigenvalue weighted by Gasteiger charge is 2.24. The minimum atomic E-state index is -0.764. The van der Waals surface area contributed by atoms with Crippen molar-refractivity contribution in [2.45, 2.75) is 6.04 Å². The molecule has 0 aliphatic carbocycles. The van der Waals surface area contributed by atoms with E-state index >= 15 is 0 Å². The lowest BCUT2D eigenvalue weighted by Crippen LogP contribution is -2.41. The number of aliphatic hydroxyl groups excluding tert-OH is 3. The molecule has 0 heterocycles. The predicted octanol–water partition coefficient (Wildman–Crippen LogP) is 0.306. The minimum absolute atomic E-state index is 0.121. The van der Waals surface area contributed by atoms with Crippen molar-refractivity contribution in [1.82, 2.24) is 10.6 Å². The molecule has 0 aliphatic heterocycles. The van der Waals surface area contributed by atoms with E-state index < -0.39 is 11.9 Å². The van der Waals surface area contributed by atoms with Crippen LogP contribution < -0.4 is 10.6 Å². The predicted molar refractivity (Wildman–Crippen MR) is 109 cm³/mol. The van der Waals surface area contributed by atoms with Gasteiger partial charge in [0, 0.05) is 17.3 Å². The number of carbonyl (C=O) groups excluding carboxylic acids is 2. The number of halogens is 3. The second-order valence-corrected chi connectivity index (χ2v) is 7.82. The van der Waals surface area contributed by atoms with Crippen molar-refractivity contribution in [2.24, 2.45) is 0 Å². The van der Waals surface area contributed by atoms with Gasteiger partial charge in [-0.25, -0.2) is 0 Å². The van der Waals surface area contributed by atoms with Crippen molar-refractivity contribution in [3.05, 3.63) is 27.9 Å². The van der Waals surface area contributed by atoms with E-state index in [1.165, 1.54) is 0 Å². The Morgan fingerprint density at radius 1 is 1.00 bits per heavy atom. The highest BCUT2D eigenvalue weighted by Crippen LogP contribution is 2.28. The Bertz CT molecular complexity index is 593. The smallest absolute Gasteiger partial charge is 0.253 e. The number of hydrogen-bond donors (Lipinski definition) is 5. The van der Waals surface area contributed by atoms with Crippen molar-refractivity contribution >= 4 is 79.6 Å². The lowest BCUT2D eigenvalue weighted by molar-refractivity contribution is 0.0877. The Morgan fingerprint density at radius 3 is 2.00 bits per heavy atom. The first-order valence-electron chi connectivity index (χ1n) is 6.46. The Kier molecular flexibility index (Phi) is 9.50.